The molecule has 0 bridgehead atoms. The van der Waals surface area contributed by atoms with Crippen molar-refractivity contribution < 1.29 is 1.43 Å². The monoisotopic (exact) mass is 1050 g/mol. The van der Waals surface area contributed by atoms with Gasteiger partial charge in [0.1, 0.15) is 8.07 Å². The van der Waals surface area contributed by atoms with Crippen LogP contribution in [0.3, 0.4) is 0 Å². The van der Waals surface area contributed by atoms with Crippen LogP contribution in [0.15, 0.2) is 218 Å². The van der Waals surface area contributed by atoms with Crippen LogP contribution in [-0.4, -0.2) is 29.8 Å². The van der Waals surface area contributed by atoms with Gasteiger partial charge in [-0.3, -0.25) is 0 Å². The molecule has 70 heavy (non-hydrogen) atoms. The number of para-hydroxylation sites is 6. The Kier molecular flexibility index (Phi) is 13.9. The molecule has 0 radical (unpaired) electrons. The average Bonchev–Trinajstić information content (AvgIpc) is 4.02. The minimum Gasteiger partial charge on any atom is -0.309 e. The molecule has 0 aliphatic rings. The predicted molar refractivity (Wildman–Crippen MR) is 320 cm³/mol. The number of halogens is 1. The molecule has 0 unspecified atom stereocenters. The largest absolute Gasteiger partial charge is 0.309 e. The molecule has 0 amide bonds. The van der Waals surface area contributed by atoms with Crippen molar-refractivity contribution in [3.05, 3.63) is 228 Å². The Balaban J connectivity index is 0.000000134. The Hall–Kier alpha value is -7.34. The van der Waals surface area contributed by atoms with Gasteiger partial charge < -0.3 is 13.7 Å². The third-order valence-electron chi connectivity index (χ3n) is 12.5. The summed E-state index contributed by atoms with van der Waals surface area (Å²) in [5.74, 6) is 2.72. The summed E-state index contributed by atoms with van der Waals surface area (Å²) in [6.45, 7) is 13.7. The molecule has 0 saturated carbocycles. The zero-order chi connectivity index (χ0) is 49.0. The van der Waals surface area contributed by atoms with Crippen molar-refractivity contribution in [3.63, 3.8) is 0 Å². The quantitative estimate of drug-likeness (QED) is 0.0948. The fourth-order valence-corrected chi connectivity index (χ4v) is 10.7. The van der Waals surface area contributed by atoms with Crippen LogP contribution in [0.1, 0.15) is 6.99 Å². The second kappa shape index (κ2) is 20.3. The first-order valence-electron chi connectivity index (χ1n) is 23.7. The topological polar surface area (TPSA) is 14.8 Å². The summed E-state index contributed by atoms with van der Waals surface area (Å²) in [5.41, 5.74) is 14.7. The first-order valence-corrected chi connectivity index (χ1v) is 31.8. The van der Waals surface area contributed by atoms with Crippen molar-refractivity contribution >= 4 is 109 Å². The number of fused-ring (bicyclic) bond motifs is 9. The van der Waals surface area contributed by atoms with Gasteiger partial charge in [0, 0.05) is 59.9 Å². The van der Waals surface area contributed by atoms with E-state index in [9.17, 15) is 0 Å². The van der Waals surface area contributed by atoms with Crippen molar-refractivity contribution in [2.24, 2.45) is 0 Å². The standard InChI is InChI=1S/C21H21NSi.C20H13N.C18H12IN.C5H10Si.H2/c1-23(2,3)17-13-14-21-19(15-17)18-11-7-8-12-20(18)22(21)16-9-5-4-6-10-16;1-2-15-12-13-20-18(14-15)17-10-6-7-11-19(17)21(20)16-8-4-3-5-9-16;19-13-10-11-18-16(12-13)15-8-4-5-9-17(15)20(18)14-6-2-1-3-7-14;1-5-6(2,3)4;/h4-15H,1-3H3;1,3-14H;1-12H;1H,2-4H3;1H/i;;;;1+1. The summed E-state index contributed by atoms with van der Waals surface area (Å²) < 4.78 is 8.26. The maximum Gasteiger partial charge on any atom is 0.128 e. The molecule has 12 rings (SSSR count). The van der Waals surface area contributed by atoms with Gasteiger partial charge in [-0.05, 0) is 120 Å². The molecule has 12 aromatic rings. The highest BCUT2D eigenvalue weighted by molar-refractivity contribution is 14.1. The van der Waals surface area contributed by atoms with Crippen molar-refractivity contribution in [2.45, 2.75) is 39.3 Å². The number of aromatic nitrogens is 3. The third-order valence-corrected chi connectivity index (χ3v) is 16.1. The second-order valence-corrected chi connectivity index (χ2v) is 30.6. The van der Waals surface area contributed by atoms with Crippen LogP contribution < -0.4 is 5.19 Å². The summed E-state index contributed by atoms with van der Waals surface area (Å²) in [4.78, 5) is 0. The highest BCUT2D eigenvalue weighted by Crippen LogP contribution is 2.35. The molecular formula is C64H58IN3Si2. The number of benzene rings is 9. The summed E-state index contributed by atoms with van der Waals surface area (Å²) in [7, 11) is -2.42. The van der Waals surface area contributed by atoms with Crippen LogP contribution in [0.2, 0.25) is 39.3 Å². The number of terminal acetylenes is 2. The SMILES string of the molecule is C#C[Si](C)(C)C.C#Cc1ccc2c(c1)c1ccccc1n2-c1ccccc1.C[Si](C)(C)c1ccc2c(c1)c1ccccc1n2-c1ccccc1.Ic1ccc2c(c1)c1ccccc1n2-c1ccccc1.[2HH]. The van der Waals surface area contributed by atoms with Gasteiger partial charge in [-0.25, -0.2) is 0 Å². The first kappa shape index (κ1) is 47.7. The van der Waals surface area contributed by atoms with Crippen LogP contribution in [0, 0.1) is 27.9 Å². The average molecular weight is 1050 g/mol. The van der Waals surface area contributed by atoms with Gasteiger partial charge in [0.2, 0.25) is 0 Å². The molecule has 344 valence electrons. The fraction of sp³-hybridized carbons (Fsp3) is 0.0938. The smallest absolute Gasteiger partial charge is 0.128 e. The van der Waals surface area contributed by atoms with Crippen LogP contribution in [0.25, 0.3) is 82.5 Å². The molecule has 3 aromatic heterocycles. The Morgan fingerprint density at radius 2 is 0.700 bits per heavy atom. The lowest BCUT2D eigenvalue weighted by atomic mass is 10.1. The molecule has 0 spiro atoms. The van der Waals surface area contributed by atoms with E-state index in [0.29, 0.717) is 0 Å². The van der Waals surface area contributed by atoms with Crippen LogP contribution in [0.4, 0.5) is 0 Å². The highest BCUT2D eigenvalue weighted by Gasteiger charge is 2.20. The summed E-state index contributed by atoms with van der Waals surface area (Å²) >= 11 is 2.38. The van der Waals surface area contributed by atoms with Gasteiger partial charge in [-0.1, -0.05) is 172 Å². The minimum atomic E-state index is -1.32. The molecule has 9 aromatic carbocycles. The normalized spacial score (nSPS) is 11.3. The van der Waals surface area contributed by atoms with E-state index >= 15 is 0 Å². The molecule has 3 heterocycles. The van der Waals surface area contributed by atoms with Gasteiger partial charge >= 0.3 is 0 Å². The van der Waals surface area contributed by atoms with E-state index in [1.165, 1.54) is 85.5 Å². The molecular weight excluding hydrogens is 994 g/mol. The summed E-state index contributed by atoms with van der Waals surface area (Å²) in [5, 5.41) is 9.27. The maximum absolute atomic E-state index is 5.55. The summed E-state index contributed by atoms with van der Waals surface area (Å²) in [6, 6.07) is 77.2. The van der Waals surface area contributed by atoms with E-state index in [1.807, 2.05) is 12.1 Å². The molecule has 0 atom stereocenters. The van der Waals surface area contributed by atoms with Crippen LogP contribution in [-0.2, 0) is 0 Å². The predicted octanol–water partition coefficient (Wildman–Crippen LogP) is 17.2. The Bertz CT molecular complexity index is 3880. The lowest BCUT2D eigenvalue weighted by Crippen LogP contribution is -2.37. The molecule has 3 nitrogen and oxygen atoms in total. The van der Waals surface area contributed by atoms with E-state index < -0.39 is 16.1 Å². The lowest BCUT2D eigenvalue weighted by molar-refractivity contribution is 1.18. The molecule has 0 N–H and O–H groups in total. The van der Waals surface area contributed by atoms with E-state index in [4.69, 9.17) is 12.8 Å². The van der Waals surface area contributed by atoms with Crippen LogP contribution in [0.5, 0.6) is 0 Å². The number of rotatable bonds is 4. The lowest BCUT2D eigenvalue weighted by Gasteiger charge is -2.16. The van der Waals surface area contributed by atoms with Crippen molar-refractivity contribution in [1.82, 2.24) is 13.7 Å². The maximum atomic E-state index is 5.55. The minimum absolute atomic E-state index is 0. The Morgan fingerprint density at radius 3 is 1.09 bits per heavy atom. The molecule has 0 saturated heterocycles. The van der Waals surface area contributed by atoms with Gasteiger partial charge in [0.05, 0.1) is 41.2 Å². The number of hydrogen-bond donors (Lipinski definition) is 0. The summed E-state index contributed by atoms with van der Waals surface area (Å²) in [6.07, 6.45) is 10.7. The van der Waals surface area contributed by atoms with Gasteiger partial charge in [0.25, 0.3) is 0 Å². The first-order chi connectivity index (χ1) is 33.8. The Labute approximate surface area is 429 Å². The third kappa shape index (κ3) is 9.90. The van der Waals surface area contributed by atoms with Crippen molar-refractivity contribution in [2.75, 3.05) is 0 Å². The molecule has 0 fully saturated rings. The number of nitrogens with zero attached hydrogens (tertiary/aromatic N) is 3. The van der Waals surface area contributed by atoms with E-state index in [-0.39, 0.29) is 1.43 Å². The van der Waals surface area contributed by atoms with Gasteiger partial charge in [0.15, 0.2) is 0 Å². The molecule has 0 aliphatic carbocycles. The van der Waals surface area contributed by atoms with Crippen LogP contribution >= 0.6 is 22.6 Å². The highest BCUT2D eigenvalue weighted by atomic mass is 127. The molecule has 0 aliphatic heterocycles. The van der Waals surface area contributed by atoms with Gasteiger partial charge in [-0.2, -0.15) is 0 Å². The number of hydrogen-bond acceptors (Lipinski definition) is 0. The van der Waals surface area contributed by atoms with Crippen molar-refractivity contribution in [3.8, 4) is 41.4 Å². The van der Waals surface area contributed by atoms with E-state index in [2.05, 4.69) is 293 Å². The van der Waals surface area contributed by atoms with E-state index in [1.54, 1.807) is 0 Å². The van der Waals surface area contributed by atoms with Gasteiger partial charge in [-0.15, -0.1) is 18.4 Å². The zero-order valence-electron chi connectivity index (χ0n) is 40.7. The molecule has 6 heteroatoms. The van der Waals surface area contributed by atoms with Crippen molar-refractivity contribution in [1.29, 1.82) is 0 Å². The zero-order valence-corrected chi connectivity index (χ0v) is 44.8. The second-order valence-electron chi connectivity index (χ2n) is 19.5. The fourth-order valence-electron chi connectivity index (χ4n) is 9.01. The van der Waals surface area contributed by atoms with E-state index in [0.717, 1.165) is 11.3 Å². The Morgan fingerprint density at radius 1 is 0.371 bits per heavy atom.